The molecule has 0 atom stereocenters. The molecule has 0 amide bonds. The number of ether oxygens (including phenoxy) is 1. The molecule has 4 heteroatoms. The predicted octanol–water partition coefficient (Wildman–Crippen LogP) is 2.48. The van der Waals surface area contributed by atoms with Crippen molar-refractivity contribution in [1.29, 1.82) is 0 Å². The van der Waals surface area contributed by atoms with E-state index >= 15 is 0 Å². The highest BCUT2D eigenvalue weighted by molar-refractivity contribution is 6.30. The van der Waals surface area contributed by atoms with Crippen LogP contribution < -0.4 is 10.5 Å². The summed E-state index contributed by atoms with van der Waals surface area (Å²) in [5, 5.41) is 0.130. The Hall–Kier alpha value is -0.800. The Morgan fingerprint density at radius 3 is 2.67 bits per heavy atom. The summed E-state index contributed by atoms with van der Waals surface area (Å²) in [6.07, 6.45) is 2.03. The molecule has 1 fully saturated rings. The van der Waals surface area contributed by atoms with E-state index in [1.165, 1.54) is 13.2 Å². The monoisotopic (exact) mass is 229 g/mol. The molecule has 1 aliphatic carbocycles. The lowest BCUT2D eigenvalue weighted by molar-refractivity contribution is 0.400. The summed E-state index contributed by atoms with van der Waals surface area (Å²) in [5.74, 6) is 0.0879. The van der Waals surface area contributed by atoms with Gasteiger partial charge in [-0.2, -0.15) is 0 Å². The SMILES string of the molecule is COc1cc(F)c(Cl)cc1C1(CN)CC1. The highest BCUT2D eigenvalue weighted by Gasteiger charge is 2.45. The van der Waals surface area contributed by atoms with Gasteiger partial charge in [0.05, 0.1) is 12.1 Å². The van der Waals surface area contributed by atoms with Crippen LogP contribution in [0.4, 0.5) is 4.39 Å². The first kappa shape index (κ1) is 10.7. The standard InChI is InChI=1S/C11H13ClFNO/c1-15-10-5-9(13)8(12)4-7(10)11(6-14)2-3-11/h4-5H,2-3,6,14H2,1H3. The molecule has 0 aromatic heterocycles. The molecule has 1 saturated carbocycles. The fraction of sp³-hybridized carbons (Fsp3) is 0.455. The molecule has 1 aliphatic rings. The van der Waals surface area contributed by atoms with E-state index in [2.05, 4.69) is 0 Å². The second kappa shape index (κ2) is 3.65. The Morgan fingerprint density at radius 2 is 2.20 bits per heavy atom. The van der Waals surface area contributed by atoms with E-state index in [0.717, 1.165) is 18.4 Å². The van der Waals surface area contributed by atoms with Gasteiger partial charge >= 0.3 is 0 Å². The van der Waals surface area contributed by atoms with E-state index in [9.17, 15) is 4.39 Å². The first-order chi connectivity index (χ1) is 7.13. The minimum atomic E-state index is -0.454. The molecular formula is C11H13ClFNO. The quantitative estimate of drug-likeness (QED) is 0.864. The average Bonchev–Trinajstić information content (AvgIpc) is 3.02. The normalized spacial score (nSPS) is 17.6. The van der Waals surface area contributed by atoms with Gasteiger partial charge in [-0.1, -0.05) is 11.6 Å². The third-order valence-corrected chi connectivity index (χ3v) is 3.35. The van der Waals surface area contributed by atoms with E-state index in [1.807, 2.05) is 0 Å². The summed E-state index contributed by atoms with van der Waals surface area (Å²) in [7, 11) is 1.53. The highest BCUT2D eigenvalue weighted by atomic mass is 35.5. The molecule has 2 N–H and O–H groups in total. The van der Waals surface area contributed by atoms with Gasteiger partial charge in [0.25, 0.3) is 0 Å². The Balaban J connectivity index is 2.50. The number of rotatable bonds is 3. The average molecular weight is 230 g/mol. The molecule has 0 aliphatic heterocycles. The molecule has 1 aromatic rings. The van der Waals surface area contributed by atoms with Gasteiger partial charge in [0.1, 0.15) is 11.6 Å². The number of hydrogen-bond donors (Lipinski definition) is 1. The summed E-state index contributed by atoms with van der Waals surface area (Å²) in [6, 6.07) is 2.96. The first-order valence-corrected chi connectivity index (χ1v) is 5.24. The number of nitrogens with two attached hydrogens (primary N) is 1. The van der Waals surface area contributed by atoms with Crippen LogP contribution in [0.1, 0.15) is 18.4 Å². The first-order valence-electron chi connectivity index (χ1n) is 4.86. The van der Waals surface area contributed by atoms with Gasteiger partial charge in [0.2, 0.25) is 0 Å². The highest BCUT2D eigenvalue weighted by Crippen LogP contribution is 2.51. The Bertz CT molecular complexity index is 390. The van der Waals surface area contributed by atoms with E-state index in [4.69, 9.17) is 22.1 Å². The van der Waals surface area contributed by atoms with Gasteiger partial charge in [-0.25, -0.2) is 4.39 Å². The van der Waals surface area contributed by atoms with Crippen molar-refractivity contribution in [2.24, 2.45) is 5.73 Å². The van der Waals surface area contributed by atoms with Crippen LogP contribution in [0.3, 0.4) is 0 Å². The van der Waals surface area contributed by atoms with Crippen molar-refractivity contribution in [1.82, 2.24) is 0 Å². The van der Waals surface area contributed by atoms with Crippen LogP contribution in [-0.4, -0.2) is 13.7 Å². The molecular weight excluding hydrogens is 217 g/mol. The molecule has 0 bridgehead atoms. The van der Waals surface area contributed by atoms with Gasteiger partial charge < -0.3 is 10.5 Å². The summed E-state index contributed by atoms with van der Waals surface area (Å²) in [4.78, 5) is 0. The number of halogens is 2. The summed E-state index contributed by atoms with van der Waals surface area (Å²) in [6.45, 7) is 0.547. The molecule has 0 heterocycles. The van der Waals surface area contributed by atoms with Crippen molar-refractivity contribution in [3.63, 3.8) is 0 Å². The van der Waals surface area contributed by atoms with Crippen LogP contribution >= 0.6 is 11.6 Å². The molecule has 82 valence electrons. The second-order valence-electron chi connectivity index (χ2n) is 3.95. The Kier molecular flexibility index (Phi) is 2.61. The zero-order valence-electron chi connectivity index (χ0n) is 8.52. The van der Waals surface area contributed by atoms with E-state index in [1.54, 1.807) is 6.07 Å². The fourth-order valence-electron chi connectivity index (χ4n) is 1.85. The Morgan fingerprint density at radius 1 is 1.53 bits per heavy atom. The minimum absolute atomic E-state index is 0.0390. The Labute approximate surface area is 93.2 Å². The molecule has 2 nitrogen and oxygen atoms in total. The van der Waals surface area contributed by atoms with Gasteiger partial charge in [0, 0.05) is 23.6 Å². The van der Waals surface area contributed by atoms with Crippen LogP contribution in [0.15, 0.2) is 12.1 Å². The predicted molar refractivity (Wildman–Crippen MR) is 57.9 cm³/mol. The van der Waals surface area contributed by atoms with Crippen LogP contribution in [0.2, 0.25) is 5.02 Å². The molecule has 0 unspecified atom stereocenters. The molecule has 2 rings (SSSR count). The lowest BCUT2D eigenvalue weighted by Gasteiger charge is -2.17. The lowest BCUT2D eigenvalue weighted by Crippen LogP contribution is -2.20. The van der Waals surface area contributed by atoms with Gasteiger partial charge in [0.15, 0.2) is 0 Å². The second-order valence-corrected chi connectivity index (χ2v) is 4.36. The fourth-order valence-corrected chi connectivity index (χ4v) is 2.01. The van der Waals surface area contributed by atoms with Gasteiger partial charge in [-0.05, 0) is 18.9 Å². The molecule has 1 aromatic carbocycles. The third-order valence-electron chi connectivity index (χ3n) is 3.06. The zero-order valence-corrected chi connectivity index (χ0v) is 9.27. The number of hydrogen-bond acceptors (Lipinski definition) is 2. The minimum Gasteiger partial charge on any atom is -0.496 e. The van der Waals surface area contributed by atoms with Crippen molar-refractivity contribution in [3.8, 4) is 5.75 Å². The molecule has 15 heavy (non-hydrogen) atoms. The van der Waals surface area contributed by atoms with Gasteiger partial charge in [-0.3, -0.25) is 0 Å². The topological polar surface area (TPSA) is 35.2 Å². The van der Waals surface area contributed by atoms with Crippen LogP contribution in [0.5, 0.6) is 5.75 Å². The maximum absolute atomic E-state index is 13.2. The molecule has 0 saturated heterocycles. The maximum atomic E-state index is 13.2. The zero-order chi connectivity index (χ0) is 11.1. The molecule has 0 radical (unpaired) electrons. The van der Waals surface area contributed by atoms with Crippen molar-refractivity contribution < 1.29 is 9.13 Å². The largest absolute Gasteiger partial charge is 0.496 e. The lowest BCUT2D eigenvalue weighted by atomic mass is 9.95. The van der Waals surface area contributed by atoms with Crippen molar-refractivity contribution in [2.45, 2.75) is 18.3 Å². The third kappa shape index (κ3) is 1.70. The van der Waals surface area contributed by atoms with E-state index in [-0.39, 0.29) is 10.4 Å². The van der Waals surface area contributed by atoms with E-state index < -0.39 is 5.82 Å². The maximum Gasteiger partial charge on any atom is 0.145 e. The molecule has 0 spiro atoms. The number of methoxy groups -OCH3 is 1. The summed E-state index contributed by atoms with van der Waals surface area (Å²) in [5.41, 5.74) is 6.61. The summed E-state index contributed by atoms with van der Waals surface area (Å²) >= 11 is 5.76. The number of benzene rings is 1. The van der Waals surface area contributed by atoms with Crippen molar-refractivity contribution in [2.75, 3.05) is 13.7 Å². The van der Waals surface area contributed by atoms with E-state index in [0.29, 0.717) is 12.3 Å². The van der Waals surface area contributed by atoms with Crippen molar-refractivity contribution in [3.05, 3.63) is 28.5 Å². The van der Waals surface area contributed by atoms with Crippen LogP contribution in [0.25, 0.3) is 0 Å². The summed E-state index contributed by atoms with van der Waals surface area (Å²) < 4.78 is 18.4. The smallest absolute Gasteiger partial charge is 0.145 e. The van der Waals surface area contributed by atoms with Crippen LogP contribution in [-0.2, 0) is 5.41 Å². The van der Waals surface area contributed by atoms with Crippen molar-refractivity contribution >= 4 is 11.6 Å². The van der Waals surface area contributed by atoms with Crippen LogP contribution in [0, 0.1) is 5.82 Å². The van der Waals surface area contributed by atoms with Gasteiger partial charge in [-0.15, -0.1) is 0 Å².